The zero-order chi connectivity index (χ0) is 10.1. The van der Waals surface area contributed by atoms with Crippen molar-refractivity contribution in [2.24, 2.45) is 0 Å². The molecule has 0 bridgehead atoms. The standard InChI is InChI=1S/C11H19N3/c1-8(2)11-9-5-4-6-14(9)10(13-11)7-12-3/h8,12H,4-7H2,1-3H3. The normalized spacial score (nSPS) is 15.1. The van der Waals surface area contributed by atoms with Gasteiger partial charge in [0, 0.05) is 12.2 Å². The molecular formula is C11H19N3. The van der Waals surface area contributed by atoms with Gasteiger partial charge in [0.25, 0.3) is 0 Å². The van der Waals surface area contributed by atoms with Crippen molar-refractivity contribution in [1.82, 2.24) is 14.9 Å². The lowest BCUT2D eigenvalue weighted by molar-refractivity contribution is 0.651. The summed E-state index contributed by atoms with van der Waals surface area (Å²) in [4.78, 5) is 4.72. The Morgan fingerprint density at radius 1 is 1.50 bits per heavy atom. The number of imidazole rings is 1. The molecule has 0 aliphatic carbocycles. The minimum atomic E-state index is 0.556. The van der Waals surface area contributed by atoms with E-state index >= 15 is 0 Å². The molecule has 3 nitrogen and oxygen atoms in total. The van der Waals surface area contributed by atoms with E-state index in [1.165, 1.54) is 30.1 Å². The lowest BCUT2D eigenvalue weighted by atomic mass is 10.1. The highest BCUT2D eigenvalue weighted by Gasteiger charge is 2.22. The molecule has 78 valence electrons. The highest BCUT2D eigenvalue weighted by Crippen LogP contribution is 2.26. The fourth-order valence-electron chi connectivity index (χ4n) is 2.25. The van der Waals surface area contributed by atoms with E-state index in [2.05, 4.69) is 23.7 Å². The molecule has 0 spiro atoms. The molecule has 3 heteroatoms. The molecule has 1 aromatic rings. The van der Waals surface area contributed by atoms with Gasteiger partial charge in [-0.3, -0.25) is 0 Å². The van der Waals surface area contributed by atoms with Gasteiger partial charge < -0.3 is 9.88 Å². The molecule has 0 atom stereocenters. The van der Waals surface area contributed by atoms with Crippen molar-refractivity contribution in [2.75, 3.05) is 7.05 Å². The van der Waals surface area contributed by atoms with Crippen LogP contribution in [0.15, 0.2) is 0 Å². The van der Waals surface area contributed by atoms with Crippen LogP contribution in [0.25, 0.3) is 0 Å². The first-order valence-corrected chi connectivity index (χ1v) is 5.46. The highest BCUT2D eigenvalue weighted by atomic mass is 15.1. The molecule has 0 fully saturated rings. The largest absolute Gasteiger partial charge is 0.331 e. The van der Waals surface area contributed by atoms with Crippen molar-refractivity contribution < 1.29 is 0 Å². The number of fused-ring (bicyclic) bond motifs is 1. The minimum Gasteiger partial charge on any atom is -0.331 e. The Hall–Kier alpha value is -0.830. The average Bonchev–Trinajstić information content (AvgIpc) is 2.67. The van der Waals surface area contributed by atoms with Crippen LogP contribution in [0.3, 0.4) is 0 Å². The second-order valence-corrected chi connectivity index (χ2v) is 4.30. The second kappa shape index (κ2) is 3.73. The first-order chi connectivity index (χ1) is 6.74. The van der Waals surface area contributed by atoms with Crippen molar-refractivity contribution in [1.29, 1.82) is 0 Å². The van der Waals surface area contributed by atoms with Crippen molar-refractivity contribution in [2.45, 2.75) is 45.7 Å². The maximum Gasteiger partial charge on any atom is 0.123 e. The molecule has 0 saturated carbocycles. The number of rotatable bonds is 3. The molecule has 14 heavy (non-hydrogen) atoms. The van der Waals surface area contributed by atoms with Crippen LogP contribution in [-0.2, 0) is 19.5 Å². The number of nitrogens with zero attached hydrogens (tertiary/aromatic N) is 2. The quantitative estimate of drug-likeness (QED) is 0.791. The third-order valence-electron chi connectivity index (χ3n) is 2.86. The third-order valence-corrected chi connectivity index (χ3v) is 2.86. The van der Waals surface area contributed by atoms with E-state index in [0.717, 1.165) is 13.1 Å². The van der Waals surface area contributed by atoms with E-state index in [1.807, 2.05) is 7.05 Å². The Balaban J connectivity index is 2.39. The Bertz CT molecular complexity index is 326. The summed E-state index contributed by atoms with van der Waals surface area (Å²) in [6.45, 7) is 6.50. The van der Waals surface area contributed by atoms with Gasteiger partial charge >= 0.3 is 0 Å². The van der Waals surface area contributed by atoms with Gasteiger partial charge in [-0.25, -0.2) is 4.98 Å². The predicted octanol–water partition coefficient (Wildman–Crippen LogP) is 1.67. The Kier molecular flexibility index (Phi) is 2.59. The van der Waals surface area contributed by atoms with Crippen LogP contribution in [0.4, 0.5) is 0 Å². The van der Waals surface area contributed by atoms with E-state index in [0.29, 0.717) is 5.92 Å². The third kappa shape index (κ3) is 1.46. The fraction of sp³-hybridized carbons (Fsp3) is 0.727. The summed E-state index contributed by atoms with van der Waals surface area (Å²) in [7, 11) is 1.98. The van der Waals surface area contributed by atoms with Crippen LogP contribution in [0.2, 0.25) is 0 Å². The van der Waals surface area contributed by atoms with Crippen molar-refractivity contribution >= 4 is 0 Å². The Morgan fingerprint density at radius 2 is 2.29 bits per heavy atom. The number of hydrogen-bond acceptors (Lipinski definition) is 2. The van der Waals surface area contributed by atoms with Gasteiger partial charge in [0.2, 0.25) is 0 Å². The van der Waals surface area contributed by atoms with Gasteiger partial charge in [0.15, 0.2) is 0 Å². The lowest BCUT2D eigenvalue weighted by Crippen LogP contribution is -2.11. The summed E-state index contributed by atoms with van der Waals surface area (Å²) in [6, 6.07) is 0. The smallest absolute Gasteiger partial charge is 0.123 e. The summed E-state index contributed by atoms with van der Waals surface area (Å²) in [5.41, 5.74) is 2.79. The van der Waals surface area contributed by atoms with Crippen molar-refractivity contribution in [3.8, 4) is 0 Å². The van der Waals surface area contributed by atoms with Gasteiger partial charge in [-0.1, -0.05) is 13.8 Å². The van der Waals surface area contributed by atoms with Gasteiger partial charge in [0.1, 0.15) is 5.82 Å². The Morgan fingerprint density at radius 3 is 2.93 bits per heavy atom. The molecule has 0 aromatic carbocycles. The van der Waals surface area contributed by atoms with E-state index in [-0.39, 0.29) is 0 Å². The summed E-state index contributed by atoms with van der Waals surface area (Å²) >= 11 is 0. The molecule has 1 N–H and O–H groups in total. The van der Waals surface area contributed by atoms with Crippen molar-refractivity contribution in [3.63, 3.8) is 0 Å². The average molecular weight is 193 g/mol. The van der Waals surface area contributed by atoms with Crippen LogP contribution in [0, 0.1) is 0 Å². The SMILES string of the molecule is CNCc1nc(C(C)C)c2n1CCC2. The van der Waals surface area contributed by atoms with Crippen molar-refractivity contribution in [3.05, 3.63) is 17.2 Å². The molecule has 0 radical (unpaired) electrons. The molecule has 1 aliphatic rings. The number of nitrogens with one attached hydrogen (secondary N) is 1. The van der Waals surface area contributed by atoms with Crippen LogP contribution >= 0.6 is 0 Å². The van der Waals surface area contributed by atoms with Crippen LogP contribution < -0.4 is 5.32 Å². The zero-order valence-electron chi connectivity index (χ0n) is 9.30. The molecular weight excluding hydrogens is 174 g/mol. The molecule has 0 saturated heterocycles. The Labute approximate surface area is 85.5 Å². The molecule has 0 amide bonds. The van der Waals surface area contributed by atoms with Crippen LogP contribution in [0.5, 0.6) is 0 Å². The van der Waals surface area contributed by atoms with Gasteiger partial charge in [-0.15, -0.1) is 0 Å². The second-order valence-electron chi connectivity index (χ2n) is 4.30. The summed E-state index contributed by atoms with van der Waals surface area (Å²) in [5, 5.41) is 3.18. The first kappa shape index (κ1) is 9.71. The van der Waals surface area contributed by atoms with E-state index < -0.39 is 0 Å². The maximum atomic E-state index is 4.72. The molecule has 2 rings (SSSR count). The molecule has 2 heterocycles. The minimum absolute atomic E-state index is 0.556. The van der Waals surface area contributed by atoms with E-state index in [4.69, 9.17) is 4.98 Å². The van der Waals surface area contributed by atoms with E-state index in [1.54, 1.807) is 0 Å². The molecule has 1 aliphatic heterocycles. The molecule has 1 aromatic heterocycles. The predicted molar refractivity (Wildman–Crippen MR) is 57.4 cm³/mol. The van der Waals surface area contributed by atoms with Crippen LogP contribution in [-0.4, -0.2) is 16.6 Å². The monoisotopic (exact) mass is 193 g/mol. The highest BCUT2D eigenvalue weighted by molar-refractivity contribution is 5.23. The zero-order valence-corrected chi connectivity index (χ0v) is 9.30. The number of hydrogen-bond donors (Lipinski definition) is 1. The van der Waals surface area contributed by atoms with E-state index in [9.17, 15) is 0 Å². The maximum absolute atomic E-state index is 4.72. The fourth-order valence-corrected chi connectivity index (χ4v) is 2.25. The lowest BCUT2D eigenvalue weighted by Gasteiger charge is -2.02. The number of aromatic nitrogens is 2. The molecule has 0 unspecified atom stereocenters. The van der Waals surface area contributed by atoms with Gasteiger partial charge in [-0.2, -0.15) is 0 Å². The van der Waals surface area contributed by atoms with Crippen LogP contribution in [0.1, 0.15) is 43.4 Å². The summed E-state index contributed by atoms with van der Waals surface area (Å²) in [5.74, 6) is 1.77. The topological polar surface area (TPSA) is 29.9 Å². The summed E-state index contributed by atoms with van der Waals surface area (Å²) < 4.78 is 2.39. The first-order valence-electron chi connectivity index (χ1n) is 5.46. The van der Waals surface area contributed by atoms with Gasteiger partial charge in [-0.05, 0) is 25.8 Å². The van der Waals surface area contributed by atoms with Gasteiger partial charge in [0.05, 0.1) is 12.2 Å². The summed E-state index contributed by atoms with van der Waals surface area (Å²) in [6.07, 6.45) is 2.50.